The third-order valence-corrected chi connectivity index (χ3v) is 3.51. The minimum absolute atomic E-state index is 0.00950. The first-order valence-corrected chi connectivity index (χ1v) is 6.93. The first-order chi connectivity index (χ1) is 9.26. The van der Waals surface area contributed by atoms with Crippen LogP contribution in [-0.4, -0.2) is 31.0 Å². The fourth-order valence-electron chi connectivity index (χ4n) is 2.41. The summed E-state index contributed by atoms with van der Waals surface area (Å²) in [6, 6.07) is 7.90. The van der Waals surface area contributed by atoms with Crippen LogP contribution in [0.1, 0.15) is 37.9 Å². The molecule has 1 amide bonds. The molecule has 2 rings (SSSR count). The number of hydrogen-bond donors (Lipinski definition) is 1. The van der Waals surface area contributed by atoms with Crippen molar-refractivity contribution < 1.29 is 9.53 Å². The molecule has 0 saturated carbocycles. The molecule has 1 N–H and O–H groups in total. The molecular weight excluding hydrogens is 240 g/mol. The maximum absolute atomic E-state index is 11.9. The number of carbonyl (C=O) groups excluding carboxylic acids is 1. The predicted molar refractivity (Wildman–Crippen MR) is 75.0 cm³/mol. The Balaban J connectivity index is 2.05. The lowest BCUT2D eigenvalue weighted by Crippen LogP contribution is -2.31. The van der Waals surface area contributed by atoms with Crippen LogP contribution >= 0.6 is 0 Å². The standard InChI is InChI=1S/C15H22N2O2/c1-3-4-5-10-17-14(18)11-16-15(17)12-6-8-13(19-2)9-7-12/h6-9,15-16H,3-5,10-11H2,1-2H3. The Bertz CT molecular complexity index is 417. The summed E-state index contributed by atoms with van der Waals surface area (Å²) in [5, 5.41) is 3.27. The molecule has 1 aromatic rings. The van der Waals surface area contributed by atoms with Gasteiger partial charge in [-0.2, -0.15) is 0 Å². The van der Waals surface area contributed by atoms with Gasteiger partial charge in [0.25, 0.3) is 0 Å². The highest BCUT2D eigenvalue weighted by Crippen LogP contribution is 2.24. The maximum atomic E-state index is 11.9. The number of unbranched alkanes of at least 4 members (excludes halogenated alkanes) is 2. The number of methoxy groups -OCH3 is 1. The average Bonchev–Trinajstić information content (AvgIpc) is 2.81. The number of nitrogens with one attached hydrogen (secondary N) is 1. The molecule has 4 nitrogen and oxygen atoms in total. The van der Waals surface area contributed by atoms with Gasteiger partial charge in [-0.15, -0.1) is 0 Å². The first kappa shape index (κ1) is 13.9. The van der Waals surface area contributed by atoms with E-state index in [1.807, 2.05) is 29.2 Å². The van der Waals surface area contributed by atoms with E-state index in [9.17, 15) is 4.79 Å². The summed E-state index contributed by atoms with van der Waals surface area (Å²) in [6.07, 6.45) is 3.41. The van der Waals surface area contributed by atoms with E-state index in [1.54, 1.807) is 7.11 Å². The van der Waals surface area contributed by atoms with E-state index in [1.165, 1.54) is 12.8 Å². The third-order valence-electron chi connectivity index (χ3n) is 3.51. The van der Waals surface area contributed by atoms with Crippen molar-refractivity contribution in [1.82, 2.24) is 10.2 Å². The largest absolute Gasteiger partial charge is 0.497 e. The van der Waals surface area contributed by atoms with Crippen LogP contribution < -0.4 is 10.1 Å². The van der Waals surface area contributed by atoms with Gasteiger partial charge in [0.15, 0.2) is 0 Å². The van der Waals surface area contributed by atoms with Gasteiger partial charge in [0, 0.05) is 6.54 Å². The molecule has 1 saturated heterocycles. The van der Waals surface area contributed by atoms with Gasteiger partial charge < -0.3 is 9.64 Å². The monoisotopic (exact) mass is 262 g/mol. The lowest BCUT2D eigenvalue weighted by Gasteiger charge is -2.24. The Kier molecular flexibility index (Phi) is 4.80. The molecule has 1 aromatic carbocycles. The highest BCUT2D eigenvalue weighted by Gasteiger charge is 2.30. The maximum Gasteiger partial charge on any atom is 0.238 e. The lowest BCUT2D eigenvalue weighted by molar-refractivity contribution is -0.128. The highest BCUT2D eigenvalue weighted by molar-refractivity contribution is 5.80. The lowest BCUT2D eigenvalue weighted by atomic mass is 10.1. The van der Waals surface area contributed by atoms with E-state index in [0.717, 1.165) is 24.3 Å². The topological polar surface area (TPSA) is 41.6 Å². The number of amides is 1. The molecule has 1 aliphatic rings. The minimum atomic E-state index is 0.00950. The summed E-state index contributed by atoms with van der Waals surface area (Å²) >= 11 is 0. The molecule has 1 atom stereocenters. The summed E-state index contributed by atoms with van der Waals surface area (Å²) in [5.74, 6) is 1.03. The van der Waals surface area contributed by atoms with Crippen molar-refractivity contribution in [2.75, 3.05) is 20.2 Å². The molecule has 0 radical (unpaired) electrons. The van der Waals surface area contributed by atoms with Crippen LogP contribution in [0.3, 0.4) is 0 Å². The average molecular weight is 262 g/mol. The zero-order valence-electron chi connectivity index (χ0n) is 11.7. The third kappa shape index (κ3) is 3.26. The van der Waals surface area contributed by atoms with Crippen molar-refractivity contribution >= 4 is 5.91 Å². The van der Waals surface area contributed by atoms with E-state index in [-0.39, 0.29) is 12.1 Å². The second kappa shape index (κ2) is 6.57. The molecule has 104 valence electrons. The number of benzene rings is 1. The molecular formula is C15H22N2O2. The van der Waals surface area contributed by atoms with E-state index >= 15 is 0 Å². The summed E-state index contributed by atoms with van der Waals surface area (Å²) in [4.78, 5) is 13.9. The fourth-order valence-corrected chi connectivity index (χ4v) is 2.41. The van der Waals surface area contributed by atoms with E-state index in [2.05, 4.69) is 12.2 Å². The molecule has 0 aromatic heterocycles. The predicted octanol–water partition coefficient (Wildman–Crippen LogP) is 2.32. The van der Waals surface area contributed by atoms with Crippen molar-refractivity contribution in [3.8, 4) is 5.75 Å². The van der Waals surface area contributed by atoms with Crippen molar-refractivity contribution in [3.63, 3.8) is 0 Å². The molecule has 1 heterocycles. The second-order valence-corrected chi connectivity index (χ2v) is 4.85. The molecule has 0 spiro atoms. The van der Waals surface area contributed by atoms with Gasteiger partial charge in [-0.25, -0.2) is 0 Å². The zero-order valence-corrected chi connectivity index (χ0v) is 11.7. The van der Waals surface area contributed by atoms with Crippen LogP contribution in [0.15, 0.2) is 24.3 Å². The van der Waals surface area contributed by atoms with E-state index < -0.39 is 0 Å². The Morgan fingerprint density at radius 3 is 2.68 bits per heavy atom. The van der Waals surface area contributed by atoms with Crippen molar-refractivity contribution in [3.05, 3.63) is 29.8 Å². The Hall–Kier alpha value is -1.55. The van der Waals surface area contributed by atoms with Crippen LogP contribution in [0, 0.1) is 0 Å². The van der Waals surface area contributed by atoms with Crippen LogP contribution in [0.2, 0.25) is 0 Å². The fraction of sp³-hybridized carbons (Fsp3) is 0.533. The smallest absolute Gasteiger partial charge is 0.238 e. The van der Waals surface area contributed by atoms with Crippen molar-refractivity contribution in [2.45, 2.75) is 32.4 Å². The van der Waals surface area contributed by atoms with E-state index in [4.69, 9.17) is 4.74 Å². The number of hydrogen-bond acceptors (Lipinski definition) is 3. The Morgan fingerprint density at radius 1 is 1.32 bits per heavy atom. The van der Waals surface area contributed by atoms with Crippen molar-refractivity contribution in [1.29, 1.82) is 0 Å². The summed E-state index contributed by atoms with van der Waals surface area (Å²) < 4.78 is 5.16. The van der Waals surface area contributed by atoms with Gasteiger partial charge in [-0.3, -0.25) is 10.1 Å². The van der Waals surface area contributed by atoms with Gasteiger partial charge in [0.1, 0.15) is 11.9 Å². The highest BCUT2D eigenvalue weighted by atomic mass is 16.5. The van der Waals surface area contributed by atoms with Gasteiger partial charge >= 0.3 is 0 Å². The van der Waals surface area contributed by atoms with E-state index in [0.29, 0.717) is 6.54 Å². The second-order valence-electron chi connectivity index (χ2n) is 4.85. The number of nitrogens with zero attached hydrogens (tertiary/aromatic N) is 1. The molecule has 0 bridgehead atoms. The molecule has 19 heavy (non-hydrogen) atoms. The molecule has 1 fully saturated rings. The summed E-state index contributed by atoms with van der Waals surface area (Å²) in [7, 11) is 1.66. The first-order valence-electron chi connectivity index (χ1n) is 6.93. The SMILES string of the molecule is CCCCCN1C(=O)CNC1c1ccc(OC)cc1. The number of rotatable bonds is 6. The zero-order chi connectivity index (χ0) is 13.7. The molecule has 1 aliphatic heterocycles. The van der Waals surface area contributed by atoms with Crippen LogP contribution in [-0.2, 0) is 4.79 Å². The van der Waals surface area contributed by atoms with Gasteiger partial charge in [-0.1, -0.05) is 31.9 Å². The Labute approximate surface area is 114 Å². The quantitative estimate of drug-likeness (QED) is 0.800. The normalized spacial score (nSPS) is 18.9. The van der Waals surface area contributed by atoms with Crippen LogP contribution in [0.4, 0.5) is 0 Å². The molecule has 1 unspecified atom stereocenters. The molecule has 0 aliphatic carbocycles. The number of ether oxygens (including phenoxy) is 1. The van der Waals surface area contributed by atoms with Gasteiger partial charge in [0.2, 0.25) is 5.91 Å². The molecule has 4 heteroatoms. The number of carbonyl (C=O) groups is 1. The van der Waals surface area contributed by atoms with Crippen molar-refractivity contribution in [2.24, 2.45) is 0 Å². The van der Waals surface area contributed by atoms with Crippen LogP contribution in [0.25, 0.3) is 0 Å². The van der Waals surface area contributed by atoms with Gasteiger partial charge in [-0.05, 0) is 24.1 Å². The minimum Gasteiger partial charge on any atom is -0.497 e. The summed E-state index contributed by atoms with van der Waals surface area (Å²) in [6.45, 7) is 3.43. The summed E-state index contributed by atoms with van der Waals surface area (Å²) in [5.41, 5.74) is 1.11. The van der Waals surface area contributed by atoms with Gasteiger partial charge in [0.05, 0.1) is 13.7 Å². The van der Waals surface area contributed by atoms with Crippen LogP contribution in [0.5, 0.6) is 5.75 Å². The Morgan fingerprint density at radius 2 is 2.05 bits per heavy atom.